The fourth-order valence-corrected chi connectivity index (χ4v) is 5.43. The van der Waals surface area contributed by atoms with E-state index in [-0.39, 0.29) is 10.9 Å². The molecule has 0 bridgehead atoms. The second kappa shape index (κ2) is 8.37. The number of methoxy groups -OCH3 is 1. The van der Waals surface area contributed by atoms with Crippen molar-refractivity contribution in [2.45, 2.75) is 30.7 Å². The van der Waals surface area contributed by atoms with Crippen LogP contribution in [0, 0.1) is 6.92 Å². The second-order valence-electron chi connectivity index (χ2n) is 7.07. The smallest absolute Gasteiger partial charge is 0.243 e. The number of ether oxygens (including phenoxy) is 1. The molecular weight excluding hydrogens is 402 g/mol. The molecule has 1 aliphatic rings. The first kappa shape index (κ1) is 20.2. The van der Waals surface area contributed by atoms with Crippen molar-refractivity contribution in [1.29, 1.82) is 0 Å². The molecule has 30 heavy (non-hydrogen) atoms. The van der Waals surface area contributed by atoms with E-state index >= 15 is 0 Å². The molecule has 0 saturated carbocycles. The maximum absolute atomic E-state index is 13.4. The predicted molar refractivity (Wildman–Crippen MR) is 113 cm³/mol. The van der Waals surface area contributed by atoms with Crippen LogP contribution in [0.15, 0.2) is 59.9 Å². The molecule has 1 aliphatic heterocycles. The summed E-state index contributed by atoms with van der Waals surface area (Å²) in [6.45, 7) is 2.30. The number of sulfonamides is 1. The summed E-state index contributed by atoms with van der Waals surface area (Å²) >= 11 is 0. The van der Waals surface area contributed by atoms with E-state index in [1.54, 1.807) is 48.2 Å². The Morgan fingerprint density at radius 1 is 1.17 bits per heavy atom. The number of rotatable bonds is 6. The van der Waals surface area contributed by atoms with Gasteiger partial charge in [0.15, 0.2) is 0 Å². The fourth-order valence-electron chi connectivity index (χ4n) is 3.67. The first-order valence-corrected chi connectivity index (χ1v) is 11.1. The lowest BCUT2D eigenvalue weighted by atomic mass is 10.1. The first-order chi connectivity index (χ1) is 14.5. The van der Waals surface area contributed by atoms with Gasteiger partial charge in [0.1, 0.15) is 17.4 Å². The number of hydrogen-bond donors (Lipinski definition) is 1. The van der Waals surface area contributed by atoms with Crippen LogP contribution in [0.4, 0.5) is 11.6 Å². The third kappa shape index (κ3) is 3.99. The average molecular weight is 426 g/mol. The molecule has 3 heterocycles. The van der Waals surface area contributed by atoms with Crippen LogP contribution in [0.2, 0.25) is 0 Å². The molecule has 0 radical (unpaired) electrons. The highest BCUT2D eigenvalue weighted by atomic mass is 32.2. The minimum Gasteiger partial charge on any atom is -0.496 e. The van der Waals surface area contributed by atoms with Gasteiger partial charge in [-0.2, -0.15) is 4.31 Å². The van der Waals surface area contributed by atoms with E-state index in [1.165, 1.54) is 0 Å². The zero-order valence-corrected chi connectivity index (χ0v) is 17.6. The summed E-state index contributed by atoms with van der Waals surface area (Å²) in [5, 5.41) is 3.11. The lowest BCUT2D eigenvalue weighted by Crippen LogP contribution is -2.31. The van der Waals surface area contributed by atoms with Crippen LogP contribution in [-0.2, 0) is 10.0 Å². The molecule has 9 heteroatoms. The zero-order chi connectivity index (χ0) is 21.1. The fraction of sp³-hybridized carbons (Fsp3) is 0.286. The Morgan fingerprint density at radius 3 is 2.77 bits per heavy atom. The van der Waals surface area contributed by atoms with Crippen molar-refractivity contribution >= 4 is 21.7 Å². The number of pyridine rings is 1. The van der Waals surface area contributed by atoms with Crippen molar-refractivity contribution in [3.63, 3.8) is 0 Å². The predicted octanol–water partition coefficient (Wildman–Crippen LogP) is 3.46. The summed E-state index contributed by atoms with van der Waals surface area (Å²) in [4.78, 5) is 13.1. The van der Waals surface area contributed by atoms with Gasteiger partial charge in [-0.15, -0.1) is 0 Å². The molecule has 1 saturated heterocycles. The van der Waals surface area contributed by atoms with Crippen LogP contribution in [0.3, 0.4) is 0 Å². The maximum atomic E-state index is 13.4. The Morgan fingerprint density at radius 2 is 2.03 bits per heavy atom. The van der Waals surface area contributed by atoms with E-state index in [0.29, 0.717) is 29.6 Å². The monoisotopic (exact) mass is 425 g/mol. The van der Waals surface area contributed by atoms with Gasteiger partial charge in [-0.3, -0.25) is 4.98 Å². The van der Waals surface area contributed by atoms with Gasteiger partial charge in [-0.1, -0.05) is 6.07 Å². The summed E-state index contributed by atoms with van der Waals surface area (Å²) in [6.07, 6.45) is 6.29. The Bertz CT molecular complexity index is 1140. The molecule has 3 aromatic rings. The summed E-state index contributed by atoms with van der Waals surface area (Å²) in [6, 6.07) is 10.2. The van der Waals surface area contributed by atoms with E-state index in [4.69, 9.17) is 4.74 Å². The quantitative estimate of drug-likeness (QED) is 0.646. The van der Waals surface area contributed by atoms with Crippen molar-refractivity contribution in [3.8, 4) is 5.75 Å². The number of hydrogen-bond acceptors (Lipinski definition) is 7. The second-order valence-corrected chi connectivity index (χ2v) is 8.96. The third-order valence-electron chi connectivity index (χ3n) is 5.11. The molecule has 4 rings (SSSR count). The normalized spacial score (nSPS) is 17.1. The highest BCUT2D eigenvalue weighted by Gasteiger charge is 2.37. The van der Waals surface area contributed by atoms with Crippen LogP contribution in [0.1, 0.15) is 30.1 Å². The van der Waals surface area contributed by atoms with Gasteiger partial charge in [-0.05, 0) is 55.7 Å². The van der Waals surface area contributed by atoms with Gasteiger partial charge in [0.25, 0.3) is 0 Å². The van der Waals surface area contributed by atoms with Gasteiger partial charge in [0, 0.05) is 18.9 Å². The molecule has 156 valence electrons. The molecule has 8 nitrogen and oxygen atoms in total. The van der Waals surface area contributed by atoms with Gasteiger partial charge in [-0.25, -0.2) is 18.4 Å². The molecule has 1 fully saturated rings. The number of anilines is 2. The molecule has 0 amide bonds. The molecule has 2 aromatic heterocycles. The first-order valence-electron chi connectivity index (χ1n) is 9.65. The molecule has 0 spiro atoms. The summed E-state index contributed by atoms with van der Waals surface area (Å²) in [7, 11) is -2.09. The Kier molecular flexibility index (Phi) is 5.65. The van der Waals surface area contributed by atoms with E-state index in [1.807, 2.05) is 25.1 Å². The zero-order valence-electron chi connectivity index (χ0n) is 16.8. The molecule has 1 aromatic carbocycles. The topological polar surface area (TPSA) is 97.3 Å². The van der Waals surface area contributed by atoms with Crippen LogP contribution in [0.5, 0.6) is 5.75 Å². The van der Waals surface area contributed by atoms with Crippen molar-refractivity contribution in [3.05, 3.63) is 66.2 Å². The number of benzene rings is 1. The summed E-state index contributed by atoms with van der Waals surface area (Å²) in [5.74, 6) is 1.83. The average Bonchev–Trinajstić information content (AvgIpc) is 3.25. The Labute approximate surface area is 176 Å². The van der Waals surface area contributed by atoms with E-state index in [0.717, 1.165) is 18.4 Å². The van der Waals surface area contributed by atoms with Crippen LogP contribution in [0.25, 0.3) is 0 Å². The molecule has 1 atom stereocenters. The SMILES string of the molecule is COc1ccc(S(=O)(=O)N2CCC[C@@H]2c2cccc(Nc3cnccn3)n2)cc1C. The van der Waals surface area contributed by atoms with Crippen LogP contribution < -0.4 is 10.1 Å². The molecule has 0 aliphatic carbocycles. The van der Waals surface area contributed by atoms with E-state index < -0.39 is 10.0 Å². The number of nitrogens with zero attached hydrogens (tertiary/aromatic N) is 4. The van der Waals surface area contributed by atoms with Gasteiger partial charge < -0.3 is 10.1 Å². The standard InChI is InChI=1S/C21H23N5O3S/c1-15-13-16(8-9-19(15)29-2)30(27,28)26-12-4-6-18(26)17-5-3-7-20(24-17)25-21-14-22-10-11-23-21/h3,5,7-11,13-14,18H,4,6,12H2,1-2H3,(H,23,24,25)/t18-/m1/s1. The van der Waals surface area contributed by atoms with Gasteiger partial charge in [0.05, 0.1) is 29.9 Å². The molecule has 1 N–H and O–H groups in total. The lowest BCUT2D eigenvalue weighted by molar-refractivity contribution is 0.390. The summed E-state index contributed by atoms with van der Waals surface area (Å²) < 4.78 is 33.5. The van der Waals surface area contributed by atoms with Crippen molar-refractivity contribution in [1.82, 2.24) is 19.3 Å². The number of aromatic nitrogens is 3. The maximum Gasteiger partial charge on any atom is 0.243 e. The van der Waals surface area contributed by atoms with Crippen molar-refractivity contribution in [2.75, 3.05) is 19.0 Å². The Balaban J connectivity index is 1.62. The highest BCUT2D eigenvalue weighted by molar-refractivity contribution is 7.89. The van der Waals surface area contributed by atoms with Crippen molar-refractivity contribution in [2.24, 2.45) is 0 Å². The molecular formula is C21H23N5O3S. The lowest BCUT2D eigenvalue weighted by Gasteiger charge is -2.24. The van der Waals surface area contributed by atoms with Crippen LogP contribution in [-0.4, -0.2) is 41.3 Å². The van der Waals surface area contributed by atoms with E-state index in [2.05, 4.69) is 20.3 Å². The van der Waals surface area contributed by atoms with Crippen molar-refractivity contribution < 1.29 is 13.2 Å². The number of aryl methyl sites for hydroxylation is 1. The highest BCUT2D eigenvalue weighted by Crippen LogP contribution is 2.37. The molecule has 0 unspecified atom stereocenters. The minimum atomic E-state index is -3.66. The third-order valence-corrected chi connectivity index (χ3v) is 7.01. The van der Waals surface area contributed by atoms with Gasteiger partial charge in [0.2, 0.25) is 10.0 Å². The largest absolute Gasteiger partial charge is 0.496 e. The minimum absolute atomic E-state index is 0.265. The van der Waals surface area contributed by atoms with Crippen LogP contribution >= 0.6 is 0 Å². The Hall–Kier alpha value is -3.04. The summed E-state index contributed by atoms with van der Waals surface area (Å²) in [5.41, 5.74) is 1.48. The van der Waals surface area contributed by atoms with Gasteiger partial charge >= 0.3 is 0 Å². The van der Waals surface area contributed by atoms with E-state index in [9.17, 15) is 8.42 Å². The number of nitrogens with one attached hydrogen (secondary N) is 1.